The number of hydrogen-bond acceptors (Lipinski definition) is 5. The molecule has 4 rings (SSSR count). The Labute approximate surface area is 148 Å². The third-order valence-electron chi connectivity index (χ3n) is 4.10. The van der Waals surface area contributed by atoms with Gasteiger partial charge in [-0.3, -0.25) is 14.5 Å². The largest absolute Gasteiger partial charge is 0.497 e. The van der Waals surface area contributed by atoms with Gasteiger partial charge in [0.1, 0.15) is 5.75 Å². The molecule has 0 aliphatic heterocycles. The highest BCUT2D eigenvalue weighted by atomic mass is 16.6. The molecule has 0 bridgehead atoms. The summed E-state index contributed by atoms with van der Waals surface area (Å²) in [6, 6.07) is 15.8. The van der Waals surface area contributed by atoms with E-state index in [0.29, 0.717) is 17.0 Å². The van der Waals surface area contributed by atoms with Gasteiger partial charge in [-0.15, -0.1) is 0 Å². The van der Waals surface area contributed by atoms with Crippen LogP contribution in [0.2, 0.25) is 0 Å². The molecule has 0 aliphatic rings. The maximum absolute atomic E-state index is 11.2. The molecule has 0 saturated carbocycles. The molecular weight excluding hydrogens is 332 g/mol. The molecule has 2 heterocycles. The third-order valence-corrected chi connectivity index (χ3v) is 4.10. The number of nitro groups is 1. The molecule has 0 unspecified atom stereocenters. The van der Waals surface area contributed by atoms with Gasteiger partial charge in [-0.05, 0) is 30.3 Å². The van der Waals surface area contributed by atoms with E-state index < -0.39 is 4.92 Å². The first-order valence-electron chi connectivity index (χ1n) is 7.89. The van der Waals surface area contributed by atoms with Crippen LogP contribution in [0.15, 0.2) is 67.0 Å². The van der Waals surface area contributed by atoms with E-state index in [0.717, 1.165) is 17.0 Å². The second kappa shape index (κ2) is 6.29. The summed E-state index contributed by atoms with van der Waals surface area (Å²) in [5, 5.41) is 11.2. The molecule has 7 nitrogen and oxygen atoms in total. The van der Waals surface area contributed by atoms with Crippen LogP contribution in [0.3, 0.4) is 0 Å². The molecule has 0 aliphatic carbocycles. The Morgan fingerprint density at radius 1 is 1.08 bits per heavy atom. The average Bonchev–Trinajstić information content (AvgIpc) is 3.07. The maximum Gasteiger partial charge on any atom is 0.270 e. The predicted molar refractivity (Wildman–Crippen MR) is 97.1 cm³/mol. The Kier molecular flexibility index (Phi) is 3.81. The fourth-order valence-electron chi connectivity index (χ4n) is 2.88. The number of aromatic nitrogens is 3. The second-order valence-corrected chi connectivity index (χ2v) is 5.63. The fourth-order valence-corrected chi connectivity index (χ4v) is 2.88. The van der Waals surface area contributed by atoms with E-state index in [2.05, 4.69) is 9.97 Å². The zero-order valence-electron chi connectivity index (χ0n) is 13.9. The Balaban J connectivity index is 1.97. The van der Waals surface area contributed by atoms with Crippen molar-refractivity contribution in [2.75, 3.05) is 7.11 Å². The molecule has 0 radical (unpaired) electrons. The van der Waals surface area contributed by atoms with Crippen LogP contribution in [0, 0.1) is 10.1 Å². The molecule has 7 heteroatoms. The Morgan fingerprint density at radius 2 is 1.88 bits per heavy atom. The molecule has 2 aromatic heterocycles. The highest BCUT2D eigenvalue weighted by molar-refractivity contribution is 5.82. The van der Waals surface area contributed by atoms with Crippen LogP contribution in [0.5, 0.6) is 5.75 Å². The fraction of sp³-hybridized carbons (Fsp3) is 0.0526. The summed E-state index contributed by atoms with van der Waals surface area (Å²) in [5.74, 6) is 1.27. The maximum atomic E-state index is 11.2. The van der Waals surface area contributed by atoms with Crippen LogP contribution in [-0.4, -0.2) is 26.4 Å². The van der Waals surface area contributed by atoms with E-state index >= 15 is 0 Å². The zero-order chi connectivity index (χ0) is 18.1. The molecule has 0 spiro atoms. The lowest BCUT2D eigenvalue weighted by atomic mass is 10.0. The number of nitro benzene ring substituents is 1. The SMILES string of the molecule is COc1ccc(-c2nc3ncccn3c2-c2cccc([N+](=O)[O-])c2)cc1. The third kappa shape index (κ3) is 2.65. The van der Waals surface area contributed by atoms with Crippen LogP contribution in [0.4, 0.5) is 5.69 Å². The smallest absolute Gasteiger partial charge is 0.270 e. The summed E-state index contributed by atoms with van der Waals surface area (Å²) < 4.78 is 7.04. The van der Waals surface area contributed by atoms with Crippen molar-refractivity contribution >= 4 is 11.5 Å². The predicted octanol–water partition coefficient (Wildman–Crippen LogP) is 3.98. The van der Waals surface area contributed by atoms with Crippen LogP contribution in [0.25, 0.3) is 28.3 Å². The normalized spacial score (nSPS) is 10.8. The number of non-ortho nitro benzene ring substituents is 1. The van der Waals surface area contributed by atoms with E-state index in [1.54, 1.807) is 31.5 Å². The van der Waals surface area contributed by atoms with E-state index in [1.807, 2.05) is 40.9 Å². The first-order valence-corrected chi connectivity index (χ1v) is 7.89. The van der Waals surface area contributed by atoms with Crippen molar-refractivity contribution in [3.8, 4) is 28.3 Å². The monoisotopic (exact) mass is 346 g/mol. The van der Waals surface area contributed by atoms with Gasteiger partial charge >= 0.3 is 0 Å². The highest BCUT2D eigenvalue weighted by Gasteiger charge is 2.18. The first kappa shape index (κ1) is 15.8. The number of benzene rings is 2. The van der Waals surface area contributed by atoms with Crippen molar-refractivity contribution in [3.63, 3.8) is 0 Å². The molecule has 0 amide bonds. The lowest BCUT2D eigenvalue weighted by Gasteiger charge is -2.06. The van der Waals surface area contributed by atoms with Gasteiger partial charge in [-0.1, -0.05) is 12.1 Å². The summed E-state index contributed by atoms with van der Waals surface area (Å²) in [7, 11) is 1.61. The summed E-state index contributed by atoms with van der Waals surface area (Å²) in [6.45, 7) is 0. The summed E-state index contributed by atoms with van der Waals surface area (Å²) >= 11 is 0. The second-order valence-electron chi connectivity index (χ2n) is 5.63. The van der Waals surface area contributed by atoms with Gasteiger partial charge in [0, 0.05) is 35.7 Å². The number of rotatable bonds is 4. The highest BCUT2D eigenvalue weighted by Crippen LogP contribution is 2.34. The summed E-state index contributed by atoms with van der Waals surface area (Å²) in [4.78, 5) is 19.7. The van der Waals surface area contributed by atoms with Gasteiger partial charge in [-0.2, -0.15) is 0 Å². The molecule has 0 atom stereocenters. The number of fused-ring (bicyclic) bond motifs is 1. The van der Waals surface area contributed by atoms with E-state index in [9.17, 15) is 10.1 Å². The lowest BCUT2D eigenvalue weighted by molar-refractivity contribution is -0.384. The van der Waals surface area contributed by atoms with Crippen LogP contribution in [0.1, 0.15) is 0 Å². The van der Waals surface area contributed by atoms with Crippen molar-refractivity contribution in [3.05, 3.63) is 77.1 Å². The molecular formula is C19H14N4O3. The zero-order valence-corrected chi connectivity index (χ0v) is 13.9. The van der Waals surface area contributed by atoms with Crippen molar-refractivity contribution < 1.29 is 9.66 Å². The van der Waals surface area contributed by atoms with Gasteiger partial charge in [0.15, 0.2) is 0 Å². The summed E-state index contributed by atoms with van der Waals surface area (Å²) in [5.41, 5.74) is 3.05. The molecule has 4 aromatic rings. The van der Waals surface area contributed by atoms with Crippen LogP contribution in [-0.2, 0) is 0 Å². The number of methoxy groups -OCH3 is 1. The standard InChI is InChI=1S/C19H14N4O3/c1-26-16-8-6-13(7-9-16)17-18(22-11-3-10-20-19(22)21-17)14-4-2-5-15(12-14)23(24)25/h2-12H,1H3. The van der Waals surface area contributed by atoms with E-state index in [1.165, 1.54) is 6.07 Å². The first-order chi connectivity index (χ1) is 12.7. The Hall–Kier alpha value is -3.74. The quantitative estimate of drug-likeness (QED) is 0.412. The molecule has 128 valence electrons. The lowest BCUT2D eigenvalue weighted by Crippen LogP contribution is -1.93. The van der Waals surface area contributed by atoms with E-state index in [-0.39, 0.29) is 5.69 Å². The van der Waals surface area contributed by atoms with Gasteiger partial charge in [0.2, 0.25) is 5.78 Å². The van der Waals surface area contributed by atoms with Gasteiger partial charge < -0.3 is 4.74 Å². The van der Waals surface area contributed by atoms with E-state index in [4.69, 9.17) is 4.74 Å². The van der Waals surface area contributed by atoms with Crippen molar-refractivity contribution in [2.24, 2.45) is 0 Å². The molecule has 26 heavy (non-hydrogen) atoms. The van der Waals surface area contributed by atoms with Crippen molar-refractivity contribution in [1.29, 1.82) is 0 Å². The van der Waals surface area contributed by atoms with Gasteiger partial charge in [0.25, 0.3) is 5.69 Å². The van der Waals surface area contributed by atoms with Crippen molar-refractivity contribution in [2.45, 2.75) is 0 Å². The molecule has 0 saturated heterocycles. The number of nitrogens with zero attached hydrogens (tertiary/aromatic N) is 4. The summed E-state index contributed by atoms with van der Waals surface area (Å²) in [6.07, 6.45) is 3.51. The minimum atomic E-state index is -0.405. The van der Waals surface area contributed by atoms with Crippen LogP contribution >= 0.6 is 0 Å². The number of ether oxygens (including phenoxy) is 1. The van der Waals surface area contributed by atoms with Crippen molar-refractivity contribution in [1.82, 2.24) is 14.4 Å². The van der Waals surface area contributed by atoms with Gasteiger partial charge in [0.05, 0.1) is 23.4 Å². The molecule has 0 N–H and O–H groups in total. The minimum absolute atomic E-state index is 0.0296. The molecule has 0 fully saturated rings. The Morgan fingerprint density at radius 3 is 2.62 bits per heavy atom. The number of hydrogen-bond donors (Lipinski definition) is 0. The average molecular weight is 346 g/mol. The minimum Gasteiger partial charge on any atom is -0.497 e. The Bertz CT molecular complexity index is 1100. The van der Waals surface area contributed by atoms with Gasteiger partial charge in [-0.25, -0.2) is 9.97 Å². The molecule has 2 aromatic carbocycles. The topological polar surface area (TPSA) is 82.6 Å². The number of imidazole rings is 1. The van der Waals surface area contributed by atoms with Crippen LogP contribution < -0.4 is 4.74 Å².